The van der Waals surface area contributed by atoms with Gasteiger partial charge in [0.1, 0.15) is 5.82 Å². The summed E-state index contributed by atoms with van der Waals surface area (Å²) < 4.78 is 4.50. The topological polar surface area (TPSA) is 58.1 Å². The molecule has 2 rings (SSSR count). The molecule has 1 N–H and O–H groups in total. The van der Waals surface area contributed by atoms with Gasteiger partial charge in [0.25, 0.3) is 0 Å². The molecule has 1 aromatic carbocycles. The minimum absolute atomic E-state index is 0.0943. The molecule has 5 nitrogen and oxygen atoms in total. The number of rotatable bonds is 9. The lowest BCUT2D eigenvalue weighted by molar-refractivity contribution is -0.120. The van der Waals surface area contributed by atoms with E-state index in [-0.39, 0.29) is 11.9 Å². The third kappa shape index (κ3) is 6.12. The largest absolute Gasteiger partial charge is 0.356 e. The van der Waals surface area contributed by atoms with Gasteiger partial charge in [-0.3, -0.25) is 4.79 Å². The van der Waals surface area contributed by atoms with Crippen molar-refractivity contribution in [2.45, 2.75) is 53.0 Å². The van der Waals surface area contributed by atoms with Gasteiger partial charge in [0.15, 0.2) is 0 Å². The molecule has 136 valence electrons. The molecule has 0 fully saturated rings. The number of benzene rings is 1. The van der Waals surface area contributed by atoms with Gasteiger partial charge in [-0.05, 0) is 32.8 Å². The number of carbonyl (C=O) groups excluding carboxylic acids is 1. The minimum atomic E-state index is 0.0943. The molecular formula is C19H28N4OS. The van der Waals surface area contributed by atoms with Gasteiger partial charge >= 0.3 is 0 Å². The van der Waals surface area contributed by atoms with Crippen molar-refractivity contribution in [1.29, 1.82) is 0 Å². The first-order chi connectivity index (χ1) is 12.0. The number of aromatic nitrogens is 2. The van der Waals surface area contributed by atoms with Gasteiger partial charge in [-0.1, -0.05) is 36.8 Å². The Bertz CT molecular complexity index is 666. The smallest absolute Gasteiger partial charge is 0.221 e. The molecule has 6 heteroatoms. The highest BCUT2D eigenvalue weighted by atomic mass is 32.1. The van der Waals surface area contributed by atoms with Crippen LogP contribution in [0.15, 0.2) is 24.3 Å². The highest BCUT2D eigenvalue weighted by Gasteiger charge is 2.17. The molecule has 1 aromatic heterocycles. The van der Waals surface area contributed by atoms with E-state index in [2.05, 4.69) is 66.6 Å². The van der Waals surface area contributed by atoms with Crippen molar-refractivity contribution in [3.05, 3.63) is 41.2 Å². The maximum absolute atomic E-state index is 11.9. The second-order valence-electron chi connectivity index (χ2n) is 6.54. The zero-order chi connectivity index (χ0) is 18.2. The fourth-order valence-electron chi connectivity index (χ4n) is 2.47. The van der Waals surface area contributed by atoms with E-state index >= 15 is 0 Å². The first kappa shape index (κ1) is 19.4. The lowest BCUT2D eigenvalue weighted by Gasteiger charge is -2.25. The first-order valence-corrected chi connectivity index (χ1v) is 9.68. The van der Waals surface area contributed by atoms with Crippen molar-refractivity contribution in [3.63, 3.8) is 0 Å². The Kier molecular flexibility index (Phi) is 7.37. The van der Waals surface area contributed by atoms with Gasteiger partial charge in [0, 0.05) is 43.5 Å². The van der Waals surface area contributed by atoms with Gasteiger partial charge in [-0.15, -0.1) is 0 Å². The lowest BCUT2D eigenvalue weighted by atomic mass is 10.1. The Hall–Kier alpha value is -1.95. The van der Waals surface area contributed by atoms with Crippen molar-refractivity contribution in [1.82, 2.24) is 14.7 Å². The molecule has 0 radical (unpaired) electrons. The van der Waals surface area contributed by atoms with Crippen LogP contribution in [-0.4, -0.2) is 34.4 Å². The molecule has 0 aliphatic carbocycles. The molecule has 0 aliphatic heterocycles. The second kappa shape index (κ2) is 9.51. The highest BCUT2D eigenvalue weighted by Crippen LogP contribution is 2.21. The van der Waals surface area contributed by atoms with Crippen molar-refractivity contribution in [3.8, 4) is 0 Å². The van der Waals surface area contributed by atoms with Crippen molar-refractivity contribution in [2.24, 2.45) is 0 Å². The van der Waals surface area contributed by atoms with E-state index in [4.69, 9.17) is 4.98 Å². The van der Waals surface area contributed by atoms with E-state index in [9.17, 15) is 4.79 Å². The van der Waals surface area contributed by atoms with E-state index in [1.54, 1.807) is 0 Å². The van der Waals surface area contributed by atoms with E-state index in [1.807, 2.05) is 0 Å². The van der Waals surface area contributed by atoms with Crippen LogP contribution in [0, 0.1) is 6.92 Å². The summed E-state index contributed by atoms with van der Waals surface area (Å²) in [6, 6.07) is 8.73. The standard InChI is InChI=1S/C19H28N4OS/c1-5-11-20-18(24)10-12-23(14(2)3)19-21-17(22-25-19)13-16-8-6-15(4)7-9-16/h6-9,14H,5,10-13H2,1-4H3,(H,20,24). The quantitative estimate of drug-likeness (QED) is 0.743. The summed E-state index contributed by atoms with van der Waals surface area (Å²) in [5, 5.41) is 3.81. The van der Waals surface area contributed by atoms with Gasteiger partial charge in [0.2, 0.25) is 11.0 Å². The number of hydrogen-bond acceptors (Lipinski definition) is 5. The molecule has 25 heavy (non-hydrogen) atoms. The average molecular weight is 361 g/mol. The van der Waals surface area contributed by atoms with Crippen LogP contribution in [0.2, 0.25) is 0 Å². The zero-order valence-electron chi connectivity index (χ0n) is 15.6. The molecule has 1 heterocycles. The number of aryl methyl sites for hydroxylation is 1. The summed E-state index contributed by atoms with van der Waals surface area (Å²) in [6.45, 7) is 9.76. The van der Waals surface area contributed by atoms with Crippen molar-refractivity contribution < 1.29 is 4.79 Å². The summed E-state index contributed by atoms with van der Waals surface area (Å²) >= 11 is 1.41. The maximum atomic E-state index is 11.9. The van der Waals surface area contributed by atoms with Crippen molar-refractivity contribution >= 4 is 22.6 Å². The van der Waals surface area contributed by atoms with E-state index in [0.29, 0.717) is 13.0 Å². The van der Waals surface area contributed by atoms with E-state index in [1.165, 1.54) is 22.7 Å². The molecule has 0 atom stereocenters. The van der Waals surface area contributed by atoms with Crippen molar-refractivity contribution in [2.75, 3.05) is 18.0 Å². The van der Waals surface area contributed by atoms with Crippen LogP contribution in [0.5, 0.6) is 0 Å². The highest BCUT2D eigenvalue weighted by molar-refractivity contribution is 7.09. The summed E-state index contributed by atoms with van der Waals surface area (Å²) in [6.07, 6.45) is 2.17. The Morgan fingerprint density at radius 3 is 2.64 bits per heavy atom. The number of anilines is 1. The van der Waals surface area contributed by atoms with Gasteiger partial charge in [-0.25, -0.2) is 4.98 Å². The Balaban J connectivity index is 1.98. The number of nitrogens with zero attached hydrogens (tertiary/aromatic N) is 3. The third-order valence-corrected chi connectivity index (χ3v) is 4.75. The summed E-state index contributed by atoms with van der Waals surface area (Å²) in [4.78, 5) is 18.7. The fraction of sp³-hybridized carbons (Fsp3) is 0.526. The van der Waals surface area contributed by atoms with Crippen LogP contribution in [0.1, 0.15) is 50.6 Å². The van der Waals surface area contributed by atoms with Gasteiger partial charge < -0.3 is 10.2 Å². The molecule has 0 bridgehead atoms. The molecular weight excluding hydrogens is 332 g/mol. The Morgan fingerprint density at radius 2 is 2.00 bits per heavy atom. The van der Waals surface area contributed by atoms with Crippen LogP contribution >= 0.6 is 11.5 Å². The molecule has 1 amide bonds. The Labute approximate surface area is 154 Å². The maximum Gasteiger partial charge on any atom is 0.221 e. The molecule has 0 saturated carbocycles. The van der Waals surface area contributed by atoms with Crippen LogP contribution < -0.4 is 10.2 Å². The van der Waals surface area contributed by atoms with Crippen LogP contribution in [0.25, 0.3) is 0 Å². The number of nitrogens with one attached hydrogen (secondary N) is 1. The average Bonchev–Trinajstić information content (AvgIpc) is 3.03. The normalized spacial score (nSPS) is 10.9. The number of amides is 1. The van der Waals surface area contributed by atoms with Crippen LogP contribution in [-0.2, 0) is 11.2 Å². The van der Waals surface area contributed by atoms with Crippen LogP contribution in [0.4, 0.5) is 5.13 Å². The number of carbonyl (C=O) groups is 1. The van der Waals surface area contributed by atoms with Gasteiger partial charge in [-0.2, -0.15) is 4.37 Å². The molecule has 0 spiro atoms. The predicted molar refractivity (Wildman–Crippen MR) is 104 cm³/mol. The van der Waals surface area contributed by atoms with Crippen LogP contribution in [0.3, 0.4) is 0 Å². The predicted octanol–water partition coefficient (Wildman–Crippen LogP) is 3.57. The van der Waals surface area contributed by atoms with E-state index < -0.39 is 0 Å². The molecule has 0 unspecified atom stereocenters. The molecule has 2 aromatic rings. The Morgan fingerprint density at radius 1 is 1.28 bits per heavy atom. The summed E-state index contributed by atoms with van der Waals surface area (Å²) in [5.41, 5.74) is 2.47. The molecule has 0 saturated heterocycles. The van der Waals surface area contributed by atoms with E-state index in [0.717, 1.165) is 30.3 Å². The SMILES string of the molecule is CCCNC(=O)CCN(c1nc(Cc2ccc(C)cc2)ns1)C(C)C. The fourth-order valence-corrected chi connectivity index (χ4v) is 3.32. The number of hydrogen-bond donors (Lipinski definition) is 1. The monoisotopic (exact) mass is 360 g/mol. The second-order valence-corrected chi connectivity index (χ2v) is 7.27. The summed E-state index contributed by atoms with van der Waals surface area (Å²) in [7, 11) is 0. The van der Waals surface area contributed by atoms with Gasteiger partial charge in [0.05, 0.1) is 0 Å². The third-order valence-electron chi connectivity index (χ3n) is 3.96. The lowest BCUT2D eigenvalue weighted by Crippen LogP contribution is -2.35. The first-order valence-electron chi connectivity index (χ1n) is 8.91. The summed E-state index contributed by atoms with van der Waals surface area (Å²) in [5.74, 6) is 0.932. The zero-order valence-corrected chi connectivity index (χ0v) is 16.4. The minimum Gasteiger partial charge on any atom is -0.356 e. The molecule has 0 aliphatic rings.